The smallest absolute Gasteiger partial charge is 0.369 e. The first kappa shape index (κ1) is 32.4. The van der Waals surface area contributed by atoms with Gasteiger partial charge in [-0.2, -0.15) is 0 Å². The Morgan fingerprint density at radius 2 is 1.56 bits per heavy atom. The first-order valence-electron chi connectivity index (χ1n) is 8.86. The van der Waals surface area contributed by atoms with E-state index in [2.05, 4.69) is 10.7 Å². The lowest BCUT2D eigenvalue weighted by Crippen LogP contribution is -2.31. The molecule has 1 rings (SSSR count). The number of hydrogen-bond acceptors (Lipinski definition) is 9. The van der Waals surface area contributed by atoms with Crippen LogP contribution in [0.25, 0.3) is 0 Å². The Bertz CT molecular complexity index is 763. The second kappa shape index (κ2) is 15.1. The van der Waals surface area contributed by atoms with Gasteiger partial charge in [0.05, 0.1) is 6.54 Å². The highest BCUT2D eigenvalue weighted by Gasteiger charge is 2.59. The molecule has 0 fully saturated rings. The SMILES string of the molecule is NCC(=O)O.NCCCCC(N)C(=O)O.O=P(O)(O)C(O)(Cc1cccnc1)P(=O)(O)O. The summed E-state index contributed by atoms with van der Waals surface area (Å²) in [6.07, 6.45) is 3.79. The van der Waals surface area contributed by atoms with Gasteiger partial charge in [0, 0.05) is 18.8 Å². The first-order valence-corrected chi connectivity index (χ1v) is 12.1. The lowest BCUT2D eigenvalue weighted by Gasteiger charge is -2.29. The Labute approximate surface area is 183 Å². The van der Waals surface area contributed by atoms with Gasteiger partial charge in [0.25, 0.3) is 5.08 Å². The lowest BCUT2D eigenvalue weighted by molar-refractivity contribution is -0.138. The van der Waals surface area contributed by atoms with Gasteiger partial charge in [-0.15, -0.1) is 0 Å². The molecule has 1 atom stereocenters. The standard InChI is InChI=1S/C7H11NO7P2.C6H14N2O2.C2H5NO2/c9-7(16(10,11)12,17(13,14)15)4-6-2-1-3-8-5-6;7-4-2-1-3-5(8)6(9)10;3-1-2(4)5/h1-3,5,9H,4H2,(H2,10,11,12)(H2,13,14,15);5H,1-4,7-8H2,(H,9,10);1,3H2,(H,4,5). The zero-order valence-corrected chi connectivity index (χ0v) is 18.8. The number of aliphatic carboxylic acids is 2. The third kappa shape index (κ3) is 12.9. The first-order chi connectivity index (χ1) is 14.5. The molecule has 1 heterocycles. The third-order valence-corrected chi connectivity index (χ3v) is 7.30. The quantitative estimate of drug-likeness (QED) is 0.124. The summed E-state index contributed by atoms with van der Waals surface area (Å²) >= 11 is 0. The molecule has 0 spiro atoms. The van der Waals surface area contributed by atoms with Crippen molar-refractivity contribution in [3.63, 3.8) is 0 Å². The van der Waals surface area contributed by atoms with Gasteiger partial charge in [-0.05, 0) is 31.0 Å². The molecule has 0 saturated carbocycles. The number of rotatable bonds is 10. The van der Waals surface area contributed by atoms with Crippen molar-refractivity contribution < 1.29 is 53.6 Å². The molecule has 15 nitrogen and oxygen atoms in total. The second-order valence-electron chi connectivity index (χ2n) is 6.23. The van der Waals surface area contributed by atoms with Gasteiger partial charge in [-0.3, -0.25) is 23.7 Å². The molecule has 0 amide bonds. The summed E-state index contributed by atoms with van der Waals surface area (Å²) in [6.45, 7) is 0.326. The van der Waals surface area contributed by atoms with E-state index in [-0.39, 0.29) is 12.1 Å². The van der Waals surface area contributed by atoms with Crippen LogP contribution >= 0.6 is 15.2 Å². The minimum Gasteiger partial charge on any atom is -0.480 e. The molecular weight excluding hydrogens is 474 g/mol. The van der Waals surface area contributed by atoms with Crippen LogP contribution in [0.1, 0.15) is 24.8 Å². The van der Waals surface area contributed by atoms with Crippen molar-refractivity contribution in [1.29, 1.82) is 0 Å². The predicted octanol–water partition coefficient (Wildman–Crippen LogP) is -1.82. The average Bonchev–Trinajstić information content (AvgIpc) is 2.68. The number of nitrogens with two attached hydrogens (primary N) is 3. The molecule has 1 aromatic rings. The maximum absolute atomic E-state index is 11.0. The van der Waals surface area contributed by atoms with Crippen LogP contribution in [0.3, 0.4) is 0 Å². The summed E-state index contributed by atoms with van der Waals surface area (Å²) < 4.78 is 22.1. The largest absolute Gasteiger partial charge is 0.480 e. The molecule has 186 valence electrons. The number of carboxylic acids is 2. The van der Waals surface area contributed by atoms with Crippen molar-refractivity contribution in [2.75, 3.05) is 13.1 Å². The number of nitrogens with zero attached hydrogens (tertiary/aromatic N) is 1. The number of carboxylic acid groups (broad SMARTS) is 2. The molecule has 17 heteroatoms. The number of unbranched alkanes of at least 4 members (excludes halogenated alkanes) is 1. The minimum atomic E-state index is -5.41. The number of carbonyl (C=O) groups is 2. The Kier molecular flexibility index (Phi) is 15.3. The zero-order valence-electron chi connectivity index (χ0n) is 17.0. The highest BCUT2D eigenvalue weighted by atomic mass is 31.2. The maximum atomic E-state index is 11.0. The fourth-order valence-electron chi connectivity index (χ4n) is 1.78. The number of pyridine rings is 1. The fraction of sp³-hybridized carbons (Fsp3) is 0.533. The second-order valence-corrected chi connectivity index (χ2v) is 10.2. The van der Waals surface area contributed by atoms with Gasteiger partial charge in [-0.25, -0.2) is 0 Å². The van der Waals surface area contributed by atoms with Gasteiger partial charge in [-0.1, -0.05) is 12.5 Å². The van der Waals surface area contributed by atoms with Gasteiger partial charge in [0.2, 0.25) is 0 Å². The van der Waals surface area contributed by atoms with Crippen LogP contribution in [-0.4, -0.2) is 76.0 Å². The molecule has 0 aliphatic heterocycles. The lowest BCUT2D eigenvalue weighted by atomic mass is 10.1. The van der Waals surface area contributed by atoms with E-state index in [0.717, 1.165) is 19.0 Å². The summed E-state index contributed by atoms with van der Waals surface area (Å²) in [7, 11) is -10.8. The van der Waals surface area contributed by atoms with Crippen LogP contribution in [0.2, 0.25) is 0 Å². The van der Waals surface area contributed by atoms with E-state index in [1.54, 1.807) is 0 Å². The molecule has 1 aromatic heterocycles. The van der Waals surface area contributed by atoms with Gasteiger partial charge in [0.15, 0.2) is 0 Å². The van der Waals surface area contributed by atoms with Gasteiger partial charge < -0.3 is 52.1 Å². The summed E-state index contributed by atoms with van der Waals surface area (Å²) in [5.41, 5.74) is 15.1. The van der Waals surface area contributed by atoms with Crippen molar-refractivity contribution in [1.82, 2.24) is 4.98 Å². The van der Waals surface area contributed by atoms with E-state index in [0.29, 0.717) is 13.0 Å². The monoisotopic (exact) mass is 504 g/mol. The molecule has 0 aliphatic rings. The summed E-state index contributed by atoms with van der Waals surface area (Å²) in [5, 5.41) is 22.1. The fourth-order valence-corrected chi connectivity index (χ4v) is 3.92. The van der Waals surface area contributed by atoms with E-state index in [4.69, 9.17) is 41.3 Å². The number of aromatic nitrogens is 1. The zero-order chi connectivity index (χ0) is 25.6. The third-order valence-electron chi connectivity index (χ3n) is 3.56. The molecule has 0 aliphatic carbocycles. The van der Waals surface area contributed by atoms with Crippen molar-refractivity contribution in [2.24, 2.45) is 17.2 Å². The summed E-state index contributed by atoms with van der Waals surface area (Å²) in [4.78, 5) is 58.5. The van der Waals surface area contributed by atoms with Crippen LogP contribution < -0.4 is 17.2 Å². The molecule has 0 aromatic carbocycles. The Morgan fingerprint density at radius 3 is 1.88 bits per heavy atom. The van der Waals surface area contributed by atoms with E-state index >= 15 is 0 Å². The number of aliphatic hydroxyl groups is 1. The topological polar surface area (TPSA) is 301 Å². The van der Waals surface area contributed by atoms with E-state index < -0.39 is 44.7 Å². The molecule has 0 bridgehead atoms. The van der Waals surface area contributed by atoms with Crippen molar-refractivity contribution in [3.8, 4) is 0 Å². The molecule has 32 heavy (non-hydrogen) atoms. The molecule has 0 radical (unpaired) electrons. The van der Waals surface area contributed by atoms with Crippen LogP contribution in [0.15, 0.2) is 24.5 Å². The molecule has 0 saturated heterocycles. The Morgan fingerprint density at radius 1 is 1.06 bits per heavy atom. The average molecular weight is 504 g/mol. The minimum absolute atomic E-state index is 0.0988. The Hall–Kier alpha value is -1.77. The van der Waals surface area contributed by atoms with Crippen molar-refractivity contribution in [2.45, 2.75) is 36.8 Å². The van der Waals surface area contributed by atoms with E-state index in [9.17, 15) is 23.8 Å². The van der Waals surface area contributed by atoms with Gasteiger partial charge in [0.1, 0.15) is 6.04 Å². The van der Waals surface area contributed by atoms with Crippen molar-refractivity contribution >= 4 is 27.1 Å². The van der Waals surface area contributed by atoms with E-state index in [1.807, 2.05) is 0 Å². The maximum Gasteiger partial charge on any atom is 0.369 e. The van der Waals surface area contributed by atoms with Crippen LogP contribution in [-0.2, 0) is 25.1 Å². The van der Waals surface area contributed by atoms with E-state index in [1.165, 1.54) is 18.3 Å². The highest BCUT2D eigenvalue weighted by molar-refractivity contribution is 7.72. The molecular formula is C15H30N4O11P2. The molecule has 13 N–H and O–H groups in total. The molecule has 1 unspecified atom stereocenters. The Balaban J connectivity index is 0. The number of hydrogen-bond donors (Lipinski definition) is 10. The summed E-state index contributed by atoms with van der Waals surface area (Å²) in [6, 6.07) is 2.03. The van der Waals surface area contributed by atoms with Crippen LogP contribution in [0.4, 0.5) is 0 Å². The van der Waals surface area contributed by atoms with Crippen LogP contribution in [0, 0.1) is 0 Å². The predicted molar refractivity (Wildman–Crippen MR) is 112 cm³/mol. The van der Waals surface area contributed by atoms with Gasteiger partial charge >= 0.3 is 27.1 Å². The highest BCUT2D eigenvalue weighted by Crippen LogP contribution is 2.68. The van der Waals surface area contributed by atoms with Crippen LogP contribution in [0.5, 0.6) is 0 Å². The normalized spacial score (nSPS) is 12.5. The summed E-state index contributed by atoms with van der Waals surface area (Å²) in [5.74, 6) is -1.90. The van der Waals surface area contributed by atoms with Crippen molar-refractivity contribution in [3.05, 3.63) is 30.1 Å².